The lowest BCUT2D eigenvalue weighted by Gasteiger charge is -2.16. The van der Waals surface area contributed by atoms with E-state index in [1.807, 2.05) is 13.8 Å². The Morgan fingerprint density at radius 3 is 2.27 bits per heavy atom. The molecular formula is C17H18F3N3O3. The highest BCUT2D eigenvalue weighted by Crippen LogP contribution is 2.29. The number of alkyl halides is 3. The molecule has 1 amide bonds. The summed E-state index contributed by atoms with van der Waals surface area (Å²) in [4.78, 5) is 24.2. The first-order chi connectivity index (χ1) is 12.1. The number of aromatic nitrogens is 2. The monoisotopic (exact) mass is 369 g/mol. The van der Waals surface area contributed by atoms with E-state index < -0.39 is 29.7 Å². The first kappa shape index (κ1) is 19.5. The minimum Gasteiger partial charge on any atom is -0.449 e. The van der Waals surface area contributed by atoms with Gasteiger partial charge in [0.1, 0.15) is 5.82 Å². The molecule has 0 aliphatic heterocycles. The molecule has 0 unspecified atom stereocenters. The molecule has 0 spiro atoms. The number of anilines is 1. The molecule has 2 aromatic rings. The molecule has 0 aliphatic rings. The van der Waals surface area contributed by atoms with Gasteiger partial charge >= 0.3 is 12.1 Å². The van der Waals surface area contributed by atoms with Crippen LogP contribution in [-0.4, -0.2) is 27.8 Å². The number of carbonyl (C=O) groups is 2. The predicted molar refractivity (Wildman–Crippen MR) is 87.6 cm³/mol. The number of hydrogen-bond donors (Lipinski definition) is 1. The van der Waals surface area contributed by atoms with Gasteiger partial charge in [0.05, 0.1) is 17.3 Å². The summed E-state index contributed by atoms with van der Waals surface area (Å²) in [5, 5.41) is 6.66. The molecule has 0 saturated carbocycles. The van der Waals surface area contributed by atoms with Crippen molar-refractivity contribution in [3.8, 4) is 0 Å². The molecule has 140 valence electrons. The van der Waals surface area contributed by atoms with Gasteiger partial charge in [-0.2, -0.15) is 18.3 Å². The van der Waals surface area contributed by atoms with Crippen LogP contribution < -0.4 is 5.32 Å². The van der Waals surface area contributed by atoms with Crippen molar-refractivity contribution in [1.29, 1.82) is 0 Å². The number of hydrogen-bond acceptors (Lipinski definition) is 4. The Kier molecular flexibility index (Phi) is 5.69. The van der Waals surface area contributed by atoms with Gasteiger partial charge in [-0.1, -0.05) is 0 Å². The van der Waals surface area contributed by atoms with Gasteiger partial charge in [-0.25, -0.2) is 9.48 Å². The molecule has 0 bridgehead atoms. The summed E-state index contributed by atoms with van der Waals surface area (Å²) in [6.07, 6.45) is -4.11. The molecule has 1 atom stereocenters. The Morgan fingerprint density at radius 2 is 1.73 bits per heavy atom. The second-order valence-electron chi connectivity index (χ2n) is 5.87. The normalized spacial score (nSPS) is 12.7. The highest BCUT2D eigenvalue weighted by molar-refractivity contribution is 5.96. The van der Waals surface area contributed by atoms with Crippen LogP contribution in [0.1, 0.15) is 42.7 Å². The summed E-state index contributed by atoms with van der Waals surface area (Å²) in [6, 6.07) is 5.19. The lowest BCUT2D eigenvalue weighted by Crippen LogP contribution is -2.31. The third-order valence-electron chi connectivity index (χ3n) is 3.51. The van der Waals surface area contributed by atoms with Crippen molar-refractivity contribution < 1.29 is 27.5 Å². The van der Waals surface area contributed by atoms with Crippen molar-refractivity contribution in [2.45, 2.75) is 39.1 Å². The average molecular weight is 369 g/mol. The molecule has 6 nitrogen and oxygen atoms in total. The molecular weight excluding hydrogens is 351 g/mol. The fourth-order valence-corrected chi connectivity index (χ4v) is 2.13. The van der Waals surface area contributed by atoms with E-state index in [2.05, 4.69) is 10.4 Å². The summed E-state index contributed by atoms with van der Waals surface area (Å²) in [5.74, 6) is -1.02. The molecule has 1 heterocycles. The summed E-state index contributed by atoms with van der Waals surface area (Å²) in [5.41, 5.74) is -0.952. The van der Waals surface area contributed by atoms with E-state index >= 15 is 0 Å². The summed E-state index contributed by atoms with van der Waals surface area (Å²) in [7, 11) is 0. The van der Waals surface area contributed by atoms with Crippen LogP contribution in [0.25, 0.3) is 0 Å². The second kappa shape index (κ2) is 7.59. The summed E-state index contributed by atoms with van der Waals surface area (Å²) < 4.78 is 44.2. The maximum atomic E-state index is 12.5. The Bertz CT molecular complexity index is 783. The van der Waals surface area contributed by atoms with E-state index in [4.69, 9.17) is 4.74 Å². The smallest absolute Gasteiger partial charge is 0.416 e. The first-order valence-corrected chi connectivity index (χ1v) is 7.82. The van der Waals surface area contributed by atoms with Crippen molar-refractivity contribution in [2.24, 2.45) is 0 Å². The zero-order valence-electron chi connectivity index (χ0n) is 14.4. The van der Waals surface area contributed by atoms with Crippen LogP contribution in [-0.2, 0) is 15.7 Å². The second-order valence-corrected chi connectivity index (χ2v) is 5.87. The highest BCUT2D eigenvalue weighted by Gasteiger charge is 2.30. The molecule has 0 fully saturated rings. The summed E-state index contributed by atoms with van der Waals surface area (Å²) >= 11 is 0. The average Bonchev–Trinajstić information content (AvgIpc) is 3.02. The first-order valence-electron chi connectivity index (χ1n) is 7.82. The van der Waals surface area contributed by atoms with E-state index in [-0.39, 0.29) is 11.6 Å². The van der Waals surface area contributed by atoms with Crippen molar-refractivity contribution in [2.75, 3.05) is 5.32 Å². The third kappa shape index (κ3) is 4.62. The van der Waals surface area contributed by atoms with Crippen LogP contribution in [0.2, 0.25) is 0 Å². The Labute approximate surface area is 147 Å². The number of ether oxygens (including phenoxy) is 1. The Hall–Kier alpha value is -2.84. The van der Waals surface area contributed by atoms with Crippen molar-refractivity contribution in [3.63, 3.8) is 0 Å². The Morgan fingerprint density at radius 1 is 1.12 bits per heavy atom. The SMILES string of the molecule is CC(C)n1nccc1NC(=O)[C@H](C)OC(=O)c1ccc(C(F)(F)F)cc1. The minimum atomic E-state index is -4.49. The molecule has 1 aromatic heterocycles. The van der Waals surface area contributed by atoms with E-state index in [1.165, 1.54) is 13.1 Å². The number of nitrogens with zero attached hydrogens (tertiary/aromatic N) is 2. The third-order valence-corrected chi connectivity index (χ3v) is 3.51. The Balaban J connectivity index is 2.00. The number of amides is 1. The van der Waals surface area contributed by atoms with E-state index in [0.29, 0.717) is 5.82 Å². The van der Waals surface area contributed by atoms with E-state index in [1.54, 1.807) is 10.7 Å². The van der Waals surface area contributed by atoms with Crippen LogP contribution in [0.15, 0.2) is 36.5 Å². The van der Waals surface area contributed by atoms with Gasteiger partial charge in [-0.15, -0.1) is 0 Å². The zero-order valence-corrected chi connectivity index (χ0v) is 14.4. The molecule has 0 saturated heterocycles. The van der Waals surface area contributed by atoms with Crippen molar-refractivity contribution in [1.82, 2.24) is 9.78 Å². The van der Waals surface area contributed by atoms with Crippen LogP contribution in [0.5, 0.6) is 0 Å². The number of benzene rings is 1. The molecule has 1 N–H and O–H groups in total. The number of carbonyl (C=O) groups excluding carboxylic acids is 2. The zero-order chi connectivity index (χ0) is 19.5. The van der Waals surface area contributed by atoms with Gasteiger partial charge in [-0.05, 0) is 45.0 Å². The largest absolute Gasteiger partial charge is 0.449 e. The van der Waals surface area contributed by atoms with Gasteiger partial charge in [0, 0.05) is 12.1 Å². The van der Waals surface area contributed by atoms with Crippen LogP contribution in [0.3, 0.4) is 0 Å². The van der Waals surface area contributed by atoms with E-state index in [9.17, 15) is 22.8 Å². The highest BCUT2D eigenvalue weighted by atomic mass is 19.4. The van der Waals surface area contributed by atoms with Gasteiger partial charge in [-0.3, -0.25) is 4.79 Å². The molecule has 9 heteroatoms. The van der Waals surface area contributed by atoms with Crippen LogP contribution in [0, 0.1) is 0 Å². The van der Waals surface area contributed by atoms with Gasteiger partial charge < -0.3 is 10.1 Å². The predicted octanol–water partition coefficient (Wildman–Crippen LogP) is 3.67. The molecule has 0 radical (unpaired) electrons. The lowest BCUT2D eigenvalue weighted by atomic mass is 10.1. The number of rotatable bonds is 5. The number of halogens is 3. The van der Waals surface area contributed by atoms with Gasteiger partial charge in [0.25, 0.3) is 5.91 Å². The maximum Gasteiger partial charge on any atom is 0.416 e. The van der Waals surface area contributed by atoms with Gasteiger partial charge in [0.15, 0.2) is 6.10 Å². The van der Waals surface area contributed by atoms with Crippen LogP contribution in [0.4, 0.5) is 19.0 Å². The summed E-state index contributed by atoms with van der Waals surface area (Å²) in [6.45, 7) is 5.14. The van der Waals surface area contributed by atoms with E-state index in [0.717, 1.165) is 24.3 Å². The molecule has 26 heavy (non-hydrogen) atoms. The fraction of sp³-hybridized carbons (Fsp3) is 0.353. The van der Waals surface area contributed by atoms with Crippen molar-refractivity contribution >= 4 is 17.7 Å². The molecule has 1 aromatic carbocycles. The van der Waals surface area contributed by atoms with Crippen LogP contribution >= 0.6 is 0 Å². The van der Waals surface area contributed by atoms with Gasteiger partial charge in [0.2, 0.25) is 0 Å². The number of esters is 1. The van der Waals surface area contributed by atoms with Crippen molar-refractivity contribution in [3.05, 3.63) is 47.7 Å². The fourth-order valence-electron chi connectivity index (χ4n) is 2.13. The quantitative estimate of drug-likeness (QED) is 0.817. The molecule has 2 rings (SSSR count). The standard InChI is InChI=1S/C17H18F3N3O3/c1-10(2)23-14(8-9-21-23)22-15(24)11(3)26-16(25)12-4-6-13(7-5-12)17(18,19)20/h4-11H,1-3H3,(H,22,24)/t11-/m0/s1. The number of nitrogens with one attached hydrogen (secondary N) is 1. The lowest BCUT2D eigenvalue weighted by molar-refractivity contribution is -0.137. The topological polar surface area (TPSA) is 73.2 Å². The minimum absolute atomic E-state index is 0.0188. The molecule has 0 aliphatic carbocycles. The maximum absolute atomic E-state index is 12.5.